The van der Waals surface area contributed by atoms with Crippen LogP contribution in [0.2, 0.25) is 0 Å². The van der Waals surface area contributed by atoms with E-state index in [0.29, 0.717) is 35.8 Å². The van der Waals surface area contributed by atoms with Crippen molar-refractivity contribution in [2.45, 2.75) is 51.3 Å². The highest BCUT2D eigenvalue weighted by molar-refractivity contribution is 8.16. The van der Waals surface area contributed by atoms with E-state index in [9.17, 15) is 9.59 Å². The molecule has 1 N–H and O–H groups in total. The zero-order valence-corrected chi connectivity index (χ0v) is 22.5. The zero-order valence-electron chi connectivity index (χ0n) is 21.7. The van der Waals surface area contributed by atoms with Gasteiger partial charge in [-0.25, -0.2) is 9.79 Å². The minimum Gasteiger partial charge on any atom is -0.493 e. The Bertz CT molecular complexity index is 1320. The average molecular weight is 534 g/mol. The topological polar surface area (TPSA) is 89.5 Å². The summed E-state index contributed by atoms with van der Waals surface area (Å²) in [6.45, 7) is 2.36. The predicted molar refractivity (Wildman–Crippen MR) is 147 cm³/mol. The van der Waals surface area contributed by atoms with Crippen molar-refractivity contribution < 1.29 is 23.8 Å². The van der Waals surface area contributed by atoms with Gasteiger partial charge in [0.15, 0.2) is 16.7 Å². The van der Waals surface area contributed by atoms with Crippen LogP contribution in [0.3, 0.4) is 0 Å². The van der Waals surface area contributed by atoms with Gasteiger partial charge in [0.05, 0.1) is 38.0 Å². The van der Waals surface area contributed by atoms with Crippen molar-refractivity contribution in [3.05, 3.63) is 82.0 Å². The van der Waals surface area contributed by atoms with E-state index in [1.165, 1.54) is 18.9 Å². The van der Waals surface area contributed by atoms with Crippen LogP contribution in [0.1, 0.15) is 49.8 Å². The Hall–Kier alpha value is -3.72. The van der Waals surface area contributed by atoms with Crippen LogP contribution in [-0.2, 0) is 20.9 Å². The highest BCUT2D eigenvalue weighted by Crippen LogP contribution is 2.46. The van der Waals surface area contributed by atoms with Crippen molar-refractivity contribution in [2.24, 2.45) is 4.99 Å². The van der Waals surface area contributed by atoms with Gasteiger partial charge in [0, 0.05) is 11.7 Å². The van der Waals surface area contributed by atoms with Crippen LogP contribution in [0.4, 0.5) is 0 Å². The van der Waals surface area contributed by atoms with E-state index < -0.39 is 12.0 Å². The van der Waals surface area contributed by atoms with Crippen molar-refractivity contribution >= 4 is 28.8 Å². The summed E-state index contributed by atoms with van der Waals surface area (Å²) in [7, 11) is 2.97. The normalized spacial score (nSPS) is 18.4. The first-order valence-electron chi connectivity index (χ1n) is 12.7. The number of nitrogens with zero attached hydrogens (tertiary/aromatic N) is 2. The second kappa shape index (κ2) is 11.3. The molecule has 1 aliphatic carbocycles. The number of hydrogen-bond acceptors (Lipinski definition) is 8. The molecule has 198 valence electrons. The first-order chi connectivity index (χ1) is 18.5. The largest absolute Gasteiger partial charge is 0.493 e. The van der Waals surface area contributed by atoms with Crippen LogP contribution >= 0.6 is 11.8 Å². The minimum atomic E-state index is -0.531. The number of amidine groups is 1. The minimum absolute atomic E-state index is 0.0357. The number of thioether (sulfide) groups is 1. The number of allylic oxidation sites excluding steroid dienone is 1. The van der Waals surface area contributed by atoms with Crippen LogP contribution in [-0.4, -0.2) is 42.2 Å². The number of carbonyl (C=O) groups excluding carboxylic acids is 2. The Morgan fingerprint density at radius 3 is 2.58 bits per heavy atom. The molecular weight excluding hydrogens is 502 g/mol. The number of benzene rings is 2. The summed E-state index contributed by atoms with van der Waals surface area (Å²) in [5.74, 6) is 0.663. The van der Waals surface area contributed by atoms with Gasteiger partial charge in [0.1, 0.15) is 6.61 Å². The average Bonchev–Trinajstić information content (AvgIpc) is 3.68. The summed E-state index contributed by atoms with van der Waals surface area (Å²) in [5, 5.41) is 5.73. The number of ether oxygens (including phenoxy) is 3. The Morgan fingerprint density at radius 1 is 1.11 bits per heavy atom. The van der Waals surface area contributed by atoms with Crippen LogP contribution in [0.5, 0.6) is 11.5 Å². The van der Waals surface area contributed by atoms with Crippen LogP contribution in [0.25, 0.3) is 0 Å². The first-order valence-corrected chi connectivity index (χ1v) is 13.6. The summed E-state index contributed by atoms with van der Waals surface area (Å²) < 4.78 is 17.0. The fourth-order valence-corrected chi connectivity index (χ4v) is 5.54. The summed E-state index contributed by atoms with van der Waals surface area (Å²) in [6.07, 6.45) is 2.80. The standard InChI is InChI=1S/C29H31N3O5S/c1-4-22-26(28(34)36-3)27(32-21(17-38-29(32)31-22)15-25(33)30-20-11-12-20)19-10-13-23(24(14-19)35-2)37-16-18-8-6-5-7-9-18/h5-10,13-14,17,20,27H,4,11-12,15-16H2,1-3H3,(H,30,33)/t27-/m1/s1. The molecule has 5 rings (SSSR count). The van der Waals surface area contributed by atoms with Gasteiger partial charge < -0.3 is 24.4 Å². The summed E-state index contributed by atoms with van der Waals surface area (Å²) in [6, 6.07) is 15.3. The highest BCUT2D eigenvalue weighted by Gasteiger charge is 2.42. The number of amides is 1. The number of esters is 1. The van der Waals surface area contributed by atoms with E-state index in [0.717, 1.165) is 34.8 Å². The van der Waals surface area contributed by atoms with E-state index in [-0.39, 0.29) is 18.4 Å². The Labute approximate surface area is 226 Å². The maximum absolute atomic E-state index is 13.1. The molecule has 2 aromatic carbocycles. The zero-order chi connectivity index (χ0) is 26.6. The molecule has 1 fully saturated rings. The number of carbonyl (C=O) groups is 2. The van der Waals surface area contributed by atoms with Crippen LogP contribution in [0, 0.1) is 0 Å². The molecule has 0 saturated heterocycles. The molecule has 1 amide bonds. The second-order valence-corrected chi connectivity index (χ2v) is 10.1. The Kier molecular flexibility index (Phi) is 7.74. The fraction of sp³-hybridized carbons (Fsp3) is 0.345. The lowest BCUT2D eigenvalue weighted by molar-refractivity contribution is -0.136. The van der Waals surface area contributed by atoms with Crippen molar-refractivity contribution in [1.29, 1.82) is 0 Å². The number of nitrogens with one attached hydrogen (secondary N) is 1. The quantitative estimate of drug-likeness (QED) is 0.426. The predicted octanol–water partition coefficient (Wildman–Crippen LogP) is 5.08. The molecule has 0 unspecified atom stereocenters. The van der Waals surface area contributed by atoms with Gasteiger partial charge in [0.25, 0.3) is 0 Å². The molecule has 2 aliphatic heterocycles. The molecule has 0 aromatic heterocycles. The molecule has 1 atom stereocenters. The molecule has 0 bridgehead atoms. The van der Waals surface area contributed by atoms with E-state index in [2.05, 4.69) is 5.32 Å². The third-order valence-electron chi connectivity index (χ3n) is 6.65. The molecule has 38 heavy (non-hydrogen) atoms. The van der Waals surface area contributed by atoms with E-state index in [4.69, 9.17) is 19.2 Å². The van der Waals surface area contributed by atoms with Crippen molar-refractivity contribution in [3.63, 3.8) is 0 Å². The van der Waals surface area contributed by atoms with Crippen molar-refractivity contribution in [1.82, 2.24) is 10.2 Å². The SMILES string of the molecule is CCC1=C(C(=O)OC)[C@@H](c2ccc(OCc3ccccc3)c(OC)c2)N2C(CC(=O)NC3CC3)=CSC2=N1. The number of rotatable bonds is 10. The molecule has 0 radical (unpaired) electrons. The van der Waals surface area contributed by atoms with Crippen LogP contribution < -0.4 is 14.8 Å². The lowest BCUT2D eigenvalue weighted by atomic mass is 9.92. The smallest absolute Gasteiger partial charge is 0.338 e. The van der Waals surface area contributed by atoms with E-state index in [1.807, 2.05) is 65.8 Å². The van der Waals surface area contributed by atoms with Gasteiger partial charge in [-0.15, -0.1) is 0 Å². The molecule has 3 aliphatic rings. The van der Waals surface area contributed by atoms with E-state index >= 15 is 0 Å². The summed E-state index contributed by atoms with van der Waals surface area (Å²) in [5.41, 5.74) is 3.76. The molecule has 1 saturated carbocycles. The third-order valence-corrected chi connectivity index (χ3v) is 7.54. The van der Waals surface area contributed by atoms with Crippen molar-refractivity contribution in [3.8, 4) is 11.5 Å². The van der Waals surface area contributed by atoms with Gasteiger partial charge in [-0.1, -0.05) is 55.1 Å². The van der Waals surface area contributed by atoms with Gasteiger partial charge in [-0.05, 0) is 47.9 Å². The van der Waals surface area contributed by atoms with Gasteiger partial charge in [0.2, 0.25) is 5.91 Å². The third kappa shape index (κ3) is 5.43. The first kappa shape index (κ1) is 25.9. The van der Waals surface area contributed by atoms with Gasteiger partial charge in [-0.3, -0.25) is 4.79 Å². The molecule has 2 heterocycles. The van der Waals surface area contributed by atoms with Gasteiger partial charge >= 0.3 is 5.97 Å². The number of methoxy groups -OCH3 is 2. The summed E-state index contributed by atoms with van der Waals surface area (Å²) >= 11 is 1.46. The van der Waals surface area contributed by atoms with Gasteiger partial charge in [-0.2, -0.15) is 0 Å². The molecule has 8 nitrogen and oxygen atoms in total. The van der Waals surface area contributed by atoms with Crippen molar-refractivity contribution in [2.75, 3.05) is 14.2 Å². The Morgan fingerprint density at radius 2 is 1.89 bits per heavy atom. The maximum atomic E-state index is 13.1. The number of hydrogen-bond donors (Lipinski definition) is 1. The second-order valence-electron chi connectivity index (χ2n) is 9.30. The van der Waals surface area contributed by atoms with Crippen LogP contribution in [0.15, 0.2) is 75.9 Å². The lowest BCUT2D eigenvalue weighted by Gasteiger charge is -2.36. The Balaban J connectivity index is 1.49. The highest BCUT2D eigenvalue weighted by atomic mass is 32.2. The maximum Gasteiger partial charge on any atom is 0.338 e. The molecule has 0 spiro atoms. The monoisotopic (exact) mass is 533 g/mol. The molecule has 9 heteroatoms. The van der Waals surface area contributed by atoms with E-state index in [1.54, 1.807) is 7.11 Å². The number of fused-ring (bicyclic) bond motifs is 1. The number of aliphatic imine (C=N–C) groups is 1. The molecule has 2 aromatic rings. The summed E-state index contributed by atoms with van der Waals surface area (Å²) in [4.78, 5) is 32.6. The lowest BCUT2D eigenvalue weighted by Crippen LogP contribution is -2.38. The fourth-order valence-electron chi connectivity index (χ4n) is 4.61. The molecular formula is C29H31N3O5S.